The van der Waals surface area contributed by atoms with Gasteiger partial charge in [-0.05, 0) is 25.4 Å². The summed E-state index contributed by atoms with van der Waals surface area (Å²) in [5.41, 5.74) is -0.235. The van der Waals surface area contributed by atoms with Gasteiger partial charge in [-0.15, -0.1) is 0 Å². The van der Waals surface area contributed by atoms with Crippen molar-refractivity contribution in [2.24, 2.45) is 0 Å². The van der Waals surface area contributed by atoms with Crippen LogP contribution in [-0.2, 0) is 4.74 Å². The van der Waals surface area contributed by atoms with Gasteiger partial charge in [-0.25, -0.2) is 0 Å². The predicted molar refractivity (Wildman–Crippen MR) is 70.4 cm³/mol. The number of anilines is 1. The van der Waals surface area contributed by atoms with Crippen molar-refractivity contribution >= 4 is 17.5 Å². The highest BCUT2D eigenvalue weighted by Crippen LogP contribution is 2.16. The molecule has 1 heterocycles. The van der Waals surface area contributed by atoms with Crippen molar-refractivity contribution in [1.82, 2.24) is 15.0 Å². The van der Waals surface area contributed by atoms with Crippen molar-refractivity contribution in [3.8, 4) is 6.01 Å². The van der Waals surface area contributed by atoms with Crippen LogP contribution in [0, 0.1) is 0 Å². The van der Waals surface area contributed by atoms with Crippen molar-refractivity contribution in [2.75, 3.05) is 32.7 Å². The number of aromatic nitrogens is 3. The molecule has 1 rings (SSSR count). The van der Waals surface area contributed by atoms with E-state index in [4.69, 9.17) is 21.1 Å². The van der Waals surface area contributed by atoms with Crippen LogP contribution >= 0.6 is 11.6 Å². The standard InChI is InChI=1S/C11H19ClN4O2/c1-11(2,17-5)6-7-18-10-14-8(12)13-9(15-10)16(3)4/h6-7H2,1-5H3. The minimum absolute atomic E-state index is 0.120. The summed E-state index contributed by atoms with van der Waals surface area (Å²) in [7, 11) is 5.32. The van der Waals surface area contributed by atoms with E-state index in [0.29, 0.717) is 12.6 Å². The van der Waals surface area contributed by atoms with Gasteiger partial charge in [0.05, 0.1) is 12.2 Å². The Bertz CT molecular complexity index is 399. The van der Waals surface area contributed by atoms with E-state index in [2.05, 4.69) is 15.0 Å². The average Bonchev–Trinajstić information content (AvgIpc) is 2.28. The van der Waals surface area contributed by atoms with Crippen LogP contribution in [0.5, 0.6) is 6.01 Å². The molecule has 18 heavy (non-hydrogen) atoms. The van der Waals surface area contributed by atoms with Crippen LogP contribution in [0.25, 0.3) is 0 Å². The van der Waals surface area contributed by atoms with Crippen LogP contribution in [0.1, 0.15) is 20.3 Å². The van der Waals surface area contributed by atoms with Crippen LogP contribution in [-0.4, -0.2) is 48.4 Å². The van der Waals surface area contributed by atoms with Gasteiger partial charge in [0.15, 0.2) is 0 Å². The third-order valence-corrected chi connectivity index (χ3v) is 2.63. The number of nitrogens with zero attached hydrogens (tertiary/aromatic N) is 4. The van der Waals surface area contributed by atoms with E-state index in [1.54, 1.807) is 12.0 Å². The Morgan fingerprint density at radius 2 is 1.89 bits per heavy atom. The summed E-state index contributed by atoms with van der Waals surface area (Å²) in [6.45, 7) is 4.43. The molecule has 0 radical (unpaired) electrons. The second kappa shape index (κ2) is 6.15. The molecule has 1 aromatic rings. The third-order valence-electron chi connectivity index (χ3n) is 2.46. The lowest BCUT2D eigenvalue weighted by molar-refractivity contribution is 0.00466. The molecule has 0 fully saturated rings. The second-order valence-electron chi connectivity index (χ2n) is 4.64. The highest BCUT2D eigenvalue weighted by atomic mass is 35.5. The molecule has 0 amide bonds. The molecule has 0 aliphatic heterocycles. The van der Waals surface area contributed by atoms with Crippen molar-refractivity contribution in [2.45, 2.75) is 25.9 Å². The number of hydrogen-bond acceptors (Lipinski definition) is 6. The van der Waals surface area contributed by atoms with Crippen molar-refractivity contribution in [3.63, 3.8) is 0 Å². The maximum absolute atomic E-state index is 5.80. The van der Waals surface area contributed by atoms with E-state index in [9.17, 15) is 0 Å². The summed E-state index contributed by atoms with van der Waals surface area (Å²) in [5.74, 6) is 0.469. The molecule has 0 atom stereocenters. The Morgan fingerprint density at radius 3 is 2.44 bits per heavy atom. The first kappa shape index (κ1) is 14.9. The maximum atomic E-state index is 5.80. The summed E-state index contributed by atoms with van der Waals surface area (Å²) in [5, 5.41) is 0.120. The molecule has 0 aliphatic rings. The number of halogens is 1. The zero-order valence-corrected chi connectivity index (χ0v) is 12.2. The summed E-state index contributed by atoms with van der Waals surface area (Å²) in [4.78, 5) is 13.8. The highest BCUT2D eigenvalue weighted by molar-refractivity contribution is 6.28. The van der Waals surface area contributed by atoms with E-state index in [-0.39, 0.29) is 16.9 Å². The number of rotatable bonds is 6. The second-order valence-corrected chi connectivity index (χ2v) is 4.98. The van der Waals surface area contributed by atoms with Crippen molar-refractivity contribution in [3.05, 3.63) is 5.28 Å². The molecule has 0 saturated heterocycles. The summed E-state index contributed by atoms with van der Waals surface area (Å²) < 4.78 is 10.8. The monoisotopic (exact) mass is 274 g/mol. The van der Waals surface area contributed by atoms with Gasteiger partial charge in [-0.3, -0.25) is 0 Å². The van der Waals surface area contributed by atoms with Crippen molar-refractivity contribution < 1.29 is 9.47 Å². The third kappa shape index (κ3) is 4.62. The molecule has 1 aromatic heterocycles. The highest BCUT2D eigenvalue weighted by Gasteiger charge is 2.16. The normalized spacial score (nSPS) is 11.4. The van der Waals surface area contributed by atoms with Gasteiger partial charge in [-0.2, -0.15) is 15.0 Å². The van der Waals surface area contributed by atoms with Crippen LogP contribution in [0.15, 0.2) is 0 Å². The van der Waals surface area contributed by atoms with Gasteiger partial charge in [0.2, 0.25) is 11.2 Å². The van der Waals surface area contributed by atoms with Gasteiger partial charge < -0.3 is 14.4 Å². The van der Waals surface area contributed by atoms with Crippen molar-refractivity contribution in [1.29, 1.82) is 0 Å². The van der Waals surface area contributed by atoms with Gasteiger partial charge in [0.25, 0.3) is 0 Å². The largest absolute Gasteiger partial charge is 0.463 e. The molecule has 0 spiro atoms. The smallest absolute Gasteiger partial charge is 0.322 e. The van der Waals surface area contributed by atoms with E-state index in [1.165, 1.54) is 0 Å². The SMILES string of the molecule is COC(C)(C)CCOc1nc(Cl)nc(N(C)C)n1. The molecule has 0 aromatic carbocycles. The Hall–Kier alpha value is -1.14. The molecular formula is C11H19ClN4O2. The Kier molecular flexibility index (Phi) is 5.10. The Morgan fingerprint density at radius 1 is 1.22 bits per heavy atom. The molecule has 0 aliphatic carbocycles. The number of ether oxygens (including phenoxy) is 2. The first-order valence-electron chi connectivity index (χ1n) is 5.61. The topological polar surface area (TPSA) is 60.4 Å². The summed E-state index contributed by atoms with van der Waals surface area (Å²) in [6.07, 6.45) is 0.726. The van der Waals surface area contributed by atoms with Crippen LogP contribution in [0.4, 0.5) is 5.95 Å². The van der Waals surface area contributed by atoms with E-state index in [0.717, 1.165) is 6.42 Å². The first-order chi connectivity index (χ1) is 8.34. The maximum Gasteiger partial charge on any atom is 0.322 e. The number of methoxy groups -OCH3 is 1. The number of hydrogen-bond donors (Lipinski definition) is 0. The zero-order chi connectivity index (χ0) is 13.8. The average molecular weight is 275 g/mol. The molecule has 102 valence electrons. The lowest BCUT2D eigenvalue weighted by Gasteiger charge is -2.22. The zero-order valence-electron chi connectivity index (χ0n) is 11.4. The fourth-order valence-electron chi connectivity index (χ4n) is 1.08. The van der Waals surface area contributed by atoms with E-state index < -0.39 is 0 Å². The fourth-order valence-corrected chi connectivity index (χ4v) is 1.22. The van der Waals surface area contributed by atoms with Crippen LogP contribution < -0.4 is 9.64 Å². The van der Waals surface area contributed by atoms with Crippen LogP contribution in [0.3, 0.4) is 0 Å². The van der Waals surface area contributed by atoms with E-state index >= 15 is 0 Å². The minimum Gasteiger partial charge on any atom is -0.463 e. The quantitative estimate of drug-likeness (QED) is 0.788. The summed E-state index contributed by atoms with van der Waals surface area (Å²) in [6, 6.07) is 0.227. The fraction of sp³-hybridized carbons (Fsp3) is 0.727. The molecule has 0 unspecified atom stereocenters. The Balaban J connectivity index is 2.62. The first-order valence-corrected chi connectivity index (χ1v) is 5.99. The van der Waals surface area contributed by atoms with Gasteiger partial charge >= 0.3 is 6.01 Å². The molecule has 0 saturated carbocycles. The lowest BCUT2D eigenvalue weighted by Crippen LogP contribution is -2.25. The predicted octanol–water partition coefficient (Wildman–Crippen LogP) is 1.78. The lowest BCUT2D eigenvalue weighted by atomic mass is 10.1. The molecule has 7 heteroatoms. The molecular weight excluding hydrogens is 256 g/mol. The van der Waals surface area contributed by atoms with Gasteiger partial charge in [0, 0.05) is 27.6 Å². The minimum atomic E-state index is -0.235. The van der Waals surface area contributed by atoms with Gasteiger partial charge in [-0.1, -0.05) is 0 Å². The Labute approximate surface area is 112 Å². The molecule has 0 bridgehead atoms. The summed E-state index contributed by atoms with van der Waals surface area (Å²) >= 11 is 5.80. The van der Waals surface area contributed by atoms with Gasteiger partial charge in [0.1, 0.15) is 0 Å². The molecule has 0 N–H and O–H groups in total. The molecule has 6 nitrogen and oxygen atoms in total. The van der Waals surface area contributed by atoms with Crippen LogP contribution in [0.2, 0.25) is 5.28 Å². The van der Waals surface area contributed by atoms with E-state index in [1.807, 2.05) is 27.9 Å².